The maximum absolute atomic E-state index is 11.9. The number of carboxylic acids is 2. The van der Waals surface area contributed by atoms with Crippen molar-refractivity contribution in [3.63, 3.8) is 0 Å². The number of benzene rings is 1. The van der Waals surface area contributed by atoms with Crippen molar-refractivity contribution in [3.05, 3.63) is 45.4 Å². The molecule has 1 aromatic rings. The largest absolute Gasteiger partial charge is 0.481 e. The third-order valence-electron chi connectivity index (χ3n) is 3.95. The van der Waals surface area contributed by atoms with Gasteiger partial charge in [0.1, 0.15) is 5.41 Å². The highest BCUT2D eigenvalue weighted by atomic mass is 79.9. The molecular weight excluding hydrogens is 360 g/mol. The second kappa shape index (κ2) is 5.46. The maximum Gasteiger partial charge on any atom is 0.318 e. The van der Waals surface area contributed by atoms with Gasteiger partial charge in [-0.1, -0.05) is 39.7 Å². The van der Waals surface area contributed by atoms with Crippen molar-refractivity contribution in [2.75, 3.05) is 0 Å². The Bertz CT molecular complexity index is 643. The smallest absolute Gasteiger partial charge is 0.318 e. The average Bonchev–Trinajstić information content (AvgIpc) is 2.41. The van der Waals surface area contributed by atoms with Gasteiger partial charge in [0.2, 0.25) is 0 Å². The van der Waals surface area contributed by atoms with Gasteiger partial charge in [0, 0.05) is 9.50 Å². The molecule has 2 atom stereocenters. The lowest BCUT2D eigenvalue weighted by atomic mass is 9.63. The Labute approximate surface area is 135 Å². The monoisotopic (exact) mass is 372 g/mol. The molecule has 0 radical (unpaired) electrons. The van der Waals surface area contributed by atoms with E-state index in [9.17, 15) is 19.8 Å². The number of rotatable bonds is 3. The van der Waals surface area contributed by atoms with Gasteiger partial charge in [-0.25, -0.2) is 0 Å². The molecule has 0 fully saturated rings. The van der Waals surface area contributed by atoms with Gasteiger partial charge in [0.05, 0.1) is 5.41 Å². The summed E-state index contributed by atoms with van der Waals surface area (Å²) in [4.78, 5) is 23.4. The van der Waals surface area contributed by atoms with Crippen molar-refractivity contribution in [1.29, 1.82) is 0 Å². The zero-order chi connectivity index (χ0) is 15.8. The molecule has 2 N–H and O–H groups in total. The number of aliphatic carboxylic acids is 2. The Kier molecular flexibility index (Phi) is 4.17. The molecule has 0 heterocycles. The van der Waals surface area contributed by atoms with Gasteiger partial charge in [-0.3, -0.25) is 9.59 Å². The fraction of sp³-hybridized carbons (Fsp3) is 0.333. The van der Waals surface area contributed by atoms with Crippen molar-refractivity contribution >= 4 is 39.5 Å². The third kappa shape index (κ3) is 2.72. The molecule has 2 rings (SSSR count). The normalized spacial score (nSPS) is 28.3. The van der Waals surface area contributed by atoms with Crippen LogP contribution in [0.25, 0.3) is 0 Å². The number of carbonyl (C=O) groups is 2. The molecule has 1 aromatic carbocycles. The Balaban J connectivity index is 2.65. The van der Waals surface area contributed by atoms with Crippen LogP contribution in [0.1, 0.15) is 25.3 Å². The molecule has 0 amide bonds. The van der Waals surface area contributed by atoms with Crippen molar-refractivity contribution < 1.29 is 19.8 Å². The zero-order valence-electron chi connectivity index (χ0n) is 11.3. The molecule has 0 aliphatic heterocycles. The van der Waals surface area contributed by atoms with Crippen LogP contribution >= 0.6 is 27.5 Å². The molecule has 2 unspecified atom stereocenters. The molecule has 4 nitrogen and oxygen atoms in total. The van der Waals surface area contributed by atoms with Crippen LogP contribution in [0.2, 0.25) is 5.02 Å². The lowest BCUT2D eigenvalue weighted by Gasteiger charge is -2.38. The Morgan fingerprint density at radius 3 is 2.52 bits per heavy atom. The highest BCUT2D eigenvalue weighted by Gasteiger charge is 2.50. The number of halogens is 2. The molecule has 1 aliphatic carbocycles. The van der Waals surface area contributed by atoms with Crippen LogP contribution in [0.3, 0.4) is 0 Å². The fourth-order valence-corrected chi connectivity index (χ4v) is 3.49. The van der Waals surface area contributed by atoms with Crippen LogP contribution in [-0.2, 0) is 15.0 Å². The van der Waals surface area contributed by atoms with Gasteiger partial charge >= 0.3 is 11.9 Å². The quantitative estimate of drug-likeness (QED) is 0.789. The lowest BCUT2D eigenvalue weighted by Crippen LogP contribution is -2.44. The van der Waals surface area contributed by atoms with Gasteiger partial charge in [-0.2, -0.15) is 0 Å². The van der Waals surface area contributed by atoms with Gasteiger partial charge in [-0.15, -0.1) is 0 Å². The highest BCUT2D eigenvalue weighted by Crippen LogP contribution is 2.47. The van der Waals surface area contributed by atoms with Crippen molar-refractivity contribution in [2.24, 2.45) is 5.41 Å². The molecule has 0 aromatic heterocycles. The zero-order valence-corrected chi connectivity index (χ0v) is 13.6. The van der Waals surface area contributed by atoms with E-state index in [4.69, 9.17) is 11.6 Å². The van der Waals surface area contributed by atoms with Gasteiger partial charge in [-0.05, 0) is 43.5 Å². The van der Waals surface area contributed by atoms with E-state index >= 15 is 0 Å². The summed E-state index contributed by atoms with van der Waals surface area (Å²) in [7, 11) is 0. The van der Waals surface area contributed by atoms with Crippen LogP contribution in [0.15, 0.2) is 34.8 Å². The molecule has 0 saturated heterocycles. The SMILES string of the molecule is CC1(C(=O)O)CC=CC(C(=O)O)(c2cc(Cl)ccc2Br)C1. The van der Waals surface area contributed by atoms with E-state index in [2.05, 4.69) is 15.9 Å². The third-order valence-corrected chi connectivity index (χ3v) is 4.87. The predicted octanol–water partition coefficient (Wildman–Crippen LogP) is 3.87. The molecule has 0 bridgehead atoms. The van der Waals surface area contributed by atoms with Crippen molar-refractivity contribution in [3.8, 4) is 0 Å². The van der Waals surface area contributed by atoms with E-state index in [0.717, 1.165) is 0 Å². The Morgan fingerprint density at radius 2 is 1.95 bits per heavy atom. The average molecular weight is 374 g/mol. The predicted molar refractivity (Wildman–Crippen MR) is 82.6 cm³/mol. The first kappa shape index (κ1) is 16.0. The van der Waals surface area contributed by atoms with E-state index < -0.39 is 22.8 Å². The van der Waals surface area contributed by atoms with E-state index in [-0.39, 0.29) is 6.42 Å². The summed E-state index contributed by atoms with van der Waals surface area (Å²) >= 11 is 9.32. The first-order chi connectivity index (χ1) is 9.71. The maximum atomic E-state index is 11.9. The number of hydrogen-bond donors (Lipinski definition) is 2. The number of carboxylic acid groups (broad SMARTS) is 2. The van der Waals surface area contributed by atoms with Crippen molar-refractivity contribution in [2.45, 2.75) is 25.2 Å². The summed E-state index contributed by atoms with van der Waals surface area (Å²) in [5.74, 6) is -2.09. The van der Waals surface area contributed by atoms with Crippen LogP contribution in [0.4, 0.5) is 0 Å². The molecule has 21 heavy (non-hydrogen) atoms. The van der Waals surface area contributed by atoms with Crippen LogP contribution in [0, 0.1) is 5.41 Å². The van der Waals surface area contributed by atoms with Crippen molar-refractivity contribution in [1.82, 2.24) is 0 Å². The van der Waals surface area contributed by atoms with E-state index in [0.29, 0.717) is 21.5 Å². The number of hydrogen-bond acceptors (Lipinski definition) is 2. The summed E-state index contributed by atoms with van der Waals surface area (Å²) in [5, 5.41) is 19.6. The topological polar surface area (TPSA) is 74.6 Å². The molecule has 0 saturated carbocycles. The fourth-order valence-electron chi connectivity index (χ4n) is 2.72. The van der Waals surface area contributed by atoms with Crippen LogP contribution in [0.5, 0.6) is 0 Å². The minimum absolute atomic E-state index is 0.0277. The summed E-state index contributed by atoms with van der Waals surface area (Å²) in [6, 6.07) is 4.88. The second-order valence-electron chi connectivity index (χ2n) is 5.55. The van der Waals surface area contributed by atoms with E-state index in [1.54, 1.807) is 37.3 Å². The minimum Gasteiger partial charge on any atom is -0.481 e. The first-order valence-electron chi connectivity index (χ1n) is 6.31. The second-order valence-corrected chi connectivity index (χ2v) is 6.84. The molecule has 1 aliphatic rings. The highest BCUT2D eigenvalue weighted by molar-refractivity contribution is 9.10. The van der Waals surface area contributed by atoms with Gasteiger partial charge in [0.15, 0.2) is 0 Å². The van der Waals surface area contributed by atoms with E-state index in [1.807, 2.05) is 0 Å². The molecule has 112 valence electrons. The summed E-state index contributed by atoms with van der Waals surface area (Å²) in [5.41, 5.74) is -2.07. The lowest BCUT2D eigenvalue weighted by molar-refractivity contribution is -0.152. The molecule has 6 heteroatoms. The van der Waals surface area contributed by atoms with Crippen LogP contribution in [-0.4, -0.2) is 22.2 Å². The summed E-state index contributed by atoms with van der Waals surface area (Å²) < 4.78 is 0.591. The minimum atomic E-state index is -1.41. The van der Waals surface area contributed by atoms with Gasteiger partial charge in [0.25, 0.3) is 0 Å². The van der Waals surface area contributed by atoms with Gasteiger partial charge < -0.3 is 10.2 Å². The standard InChI is InChI=1S/C15H14BrClO4/c1-14(12(18)19)5-2-6-15(8-14,13(20)21)10-7-9(17)3-4-11(10)16/h2-4,6-7H,5,8H2,1H3,(H,18,19)(H,20,21). The summed E-state index contributed by atoms with van der Waals surface area (Å²) in [6.07, 6.45) is 3.46. The first-order valence-corrected chi connectivity index (χ1v) is 7.48. The summed E-state index contributed by atoms with van der Waals surface area (Å²) in [6.45, 7) is 1.56. The molecule has 0 spiro atoms. The number of allylic oxidation sites excluding steroid dienone is 1. The molecular formula is C15H14BrClO4. The Morgan fingerprint density at radius 1 is 1.29 bits per heavy atom. The van der Waals surface area contributed by atoms with E-state index in [1.165, 1.54) is 0 Å². The van der Waals surface area contributed by atoms with Crippen LogP contribution < -0.4 is 0 Å². The Hall–Kier alpha value is -1.33.